The number of carbonyl (C=O) groups is 1. The lowest BCUT2D eigenvalue weighted by molar-refractivity contribution is -0.119. The Morgan fingerprint density at radius 1 is 1.04 bits per heavy atom. The van der Waals surface area contributed by atoms with Gasteiger partial charge in [0.25, 0.3) is 0 Å². The fourth-order valence-corrected chi connectivity index (χ4v) is 3.75. The van der Waals surface area contributed by atoms with Crippen LogP contribution >= 0.6 is 0 Å². The maximum Gasteiger partial charge on any atom is 0.239 e. The normalized spacial score (nSPS) is 18.9. The lowest BCUT2D eigenvalue weighted by Gasteiger charge is -2.28. The zero-order chi connectivity index (χ0) is 17.4. The van der Waals surface area contributed by atoms with Gasteiger partial charge >= 0.3 is 0 Å². The van der Waals surface area contributed by atoms with Crippen molar-refractivity contribution in [2.75, 3.05) is 5.32 Å². The summed E-state index contributed by atoms with van der Waals surface area (Å²) in [6, 6.07) is 16.3. The fourth-order valence-electron chi connectivity index (χ4n) is 3.75. The van der Waals surface area contributed by atoms with Crippen molar-refractivity contribution in [1.82, 2.24) is 9.97 Å². The number of hydrogen-bond donors (Lipinski definition) is 2. The van der Waals surface area contributed by atoms with Crippen LogP contribution in [-0.4, -0.2) is 15.9 Å². The standard InChI is InChI=1S/C21H21N3O/c1-14-7-9-16(10-8-14)21(12-11-17-13-22-15(2)23-17)18-5-3-4-6-19(18)24-20(21)25/h3-10,13H,11-12H2,1-2H3,(H,22,23)(H,24,25). The van der Waals surface area contributed by atoms with Crippen LogP contribution in [-0.2, 0) is 16.6 Å². The number of amides is 1. The number of nitrogens with one attached hydrogen (secondary N) is 2. The maximum atomic E-state index is 13.1. The van der Waals surface area contributed by atoms with Crippen LogP contribution in [0.5, 0.6) is 0 Å². The molecule has 4 heteroatoms. The molecule has 1 unspecified atom stereocenters. The lowest BCUT2D eigenvalue weighted by atomic mass is 9.72. The molecular formula is C21H21N3O. The second-order valence-electron chi connectivity index (χ2n) is 6.76. The van der Waals surface area contributed by atoms with Crippen LogP contribution < -0.4 is 5.32 Å². The molecule has 1 aromatic heterocycles. The van der Waals surface area contributed by atoms with E-state index in [2.05, 4.69) is 52.5 Å². The summed E-state index contributed by atoms with van der Waals surface area (Å²) in [5.41, 5.74) is 4.59. The van der Waals surface area contributed by atoms with Crippen molar-refractivity contribution >= 4 is 11.6 Å². The van der Waals surface area contributed by atoms with Gasteiger partial charge in [0.1, 0.15) is 11.2 Å². The van der Waals surface area contributed by atoms with Gasteiger partial charge < -0.3 is 10.3 Å². The van der Waals surface area contributed by atoms with Crippen molar-refractivity contribution in [3.05, 3.63) is 82.9 Å². The van der Waals surface area contributed by atoms with E-state index < -0.39 is 5.41 Å². The Morgan fingerprint density at radius 3 is 2.52 bits per heavy atom. The Balaban J connectivity index is 1.81. The average Bonchev–Trinajstić information content (AvgIpc) is 3.15. The number of H-pyrrole nitrogens is 1. The first kappa shape index (κ1) is 15.6. The van der Waals surface area contributed by atoms with Crippen LogP contribution in [0, 0.1) is 13.8 Å². The summed E-state index contributed by atoms with van der Waals surface area (Å²) in [6.07, 6.45) is 3.31. The van der Waals surface area contributed by atoms with Gasteiger partial charge in [-0.2, -0.15) is 0 Å². The Hall–Kier alpha value is -2.88. The van der Waals surface area contributed by atoms with E-state index >= 15 is 0 Å². The molecule has 1 amide bonds. The number of aryl methyl sites for hydroxylation is 3. The smallest absolute Gasteiger partial charge is 0.239 e. The molecule has 0 saturated carbocycles. The molecule has 25 heavy (non-hydrogen) atoms. The molecule has 4 rings (SSSR count). The fraction of sp³-hybridized carbons (Fsp3) is 0.238. The Kier molecular flexibility index (Phi) is 3.68. The first-order valence-corrected chi connectivity index (χ1v) is 8.58. The molecule has 1 aliphatic heterocycles. The highest BCUT2D eigenvalue weighted by Gasteiger charge is 2.47. The van der Waals surface area contributed by atoms with Crippen LogP contribution in [0.3, 0.4) is 0 Å². The van der Waals surface area contributed by atoms with Gasteiger partial charge in [-0.25, -0.2) is 4.98 Å². The molecule has 1 aliphatic rings. The van der Waals surface area contributed by atoms with Crippen molar-refractivity contribution < 1.29 is 4.79 Å². The van der Waals surface area contributed by atoms with E-state index in [9.17, 15) is 4.79 Å². The number of benzene rings is 2. The highest BCUT2D eigenvalue weighted by atomic mass is 16.2. The summed E-state index contributed by atoms with van der Waals surface area (Å²) in [7, 11) is 0. The SMILES string of the molecule is Cc1ccc(C2(CCc3cnc(C)[nH]3)C(=O)Nc3ccccc32)cc1. The van der Waals surface area contributed by atoms with Gasteiger partial charge in [-0.3, -0.25) is 4.79 Å². The van der Waals surface area contributed by atoms with Gasteiger partial charge in [-0.1, -0.05) is 48.0 Å². The molecule has 2 heterocycles. The monoisotopic (exact) mass is 331 g/mol. The molecular weight excluding hydrogens is 310 g/mol. The first-order chi connectivity index (χ1) is 12.1. The predicted molar refractivity (Wildman–Crippen MR) is 98.7 cm³/mol. The van der Waals surface area contributed by atoms with Crippen molar-refractivity contribution in [3.63, 3.8) is 0 Å². The molecule has 3 aromatic rings. The third-order valence-electron chi connectivity index (χ3n) is 5.09. The summed E-state index contributed by atoms with van der Waals surface area (Å²) in [5, 5.41) is 3.08. The minimum Gasteiger partial charge on any atom is -0.346 e. The average molecular weight is 331 g/mol. The van der Waals surface area contributed by atoms with Crippen molar-refractivity contribution in [2.45, 2.75) is 32.1 Å². The number of aromatic amines is 1. The van der Waals surface area contributed by atoms with Gasteiger partial charge in [0, 0.05) is 17.6 Å². The predicted octanol–water partition coefficient (Wildman–Crippen LogP) is 3.90. The van der Waals surface area contributed by atoms with E-state index in [-0.39, 0.29) is 5.91 Å². The van der Waals surface area contributed by atoms with Gasteiger partial charge in [0.2, 0.25) is 5.91 Å². The third kappa shape index (κ3) is 2.54. The molecule has 4 nitrogen and oxygen atoms in total. The zero-order valence-corrected chi connectivity index (χ0v) is 14.5. The number of hydrogen-bond acceptors (Lipinski definition) is 2. The Labute approximate surface area is 147 Å². The van der Waals surface area contributed by atoms with E-state index in [1.807, 2.05) is 31.3 Å². The van der Waals surface area contributed by atoms with Crippen LogP contribution in [0.25, 0.3) is 0 Å². The first-order valence-electron chi connectivity index (χ1n) is 8.58. The van der Waals surface area contributed by atoms with Crippen molar-refractivity contribution in [1.29, 1.82) is 0 Å². The summed E-state index contributed by atoms with van der Waals surface area (Å²) in [4.78, 5) is 20.7. The molecule has 0 fully saturated rings. The molecule has 0 radical (unpaired) electrons. The number of para-hydroxylation sites is 1. The van der Waals surface area contributed by atoms with Gasteiger partial charge in [0.05, 0.1) is 0 Å². The summed E-state index contributed by atoms with van der Waals surface area (Å²) >= 11 is 0. The summed E-state index contributed by atoms with van der Waals surface area (Å²) in [6.45, 7) is 4.00. The van der Waals surface area contributed by atoms with Gasteiger partial charge in [0.15, 0.2) is 0 Å². The van der Waals surface area contributed by atoms with E-state index in [0.717, 1.165) is 34.8 Å². The highest BCUT2D eigenvalue weighted by molar-refractivity contribution is 6.08. The number of fused-ring (bicyclic) bond motifs is 1. The largest absolute Gasteiger partial charge is 0.346 e. The third-order valence-corrected chi connectivity index (χ3v) is 5.09. The molecule has 126 valence electrons. The second-order valence-corrected chi connectivity index (χ2v) is 6.76. The molecule has 0 spiro atoms. The van der Waals surface area contributed by atoms with Crippen molar-refractivity contribution in [2.24, 2.45) is 0 Å². The minimum atomic E-state index is -0.663. The molecule has 1 atom stereocenters. The Bertz CT molecular complexity index is 926. The van der Waals surface area contributed by atoms with Crippen molar-refractivity contribution in [3.8, 4) is 0 Å². The van der Waals surface area contributed by atoms with E-state index in [1.54, 1.807) is 0 Å². The number of anilines is 1. The number of carbonyl (C=O) groups excluding carboxylic acids is 1. The number of imidazole rings is 1. The van der Waals surface area contributed by atoms with Gasteiger partial charge in [-0.05, 0) is 43.9 Å². The topological polar surface area (TPSA) is 57.8 Å². The molecule has 0 aliphatic carbocycles. The quantitative estimate of drug-likeness (QED) is 0.762. The lowest BCUT2D eigenvalue weighted by Crippen LogP contribution is -2.36. The Morgan fingerprint density at radius 2 is 1.80 bits per heavy atom. The van der Waals surface area contributed by atoms with E-state index in [4.69, 9.17) is 0 Å². The summed E-state index contributed by atoms with van der Waals surface area (Å²) < 4.78 is 0. The highest BCUT2D eigenvalue weighted by Crippen LogP contribution is 2.45. The van der Waals surface area contributed by atoms with Crippen LogP contribution in [0.15, 0.2) is 54.7 Å². The number of nitrogens with zero attached hydrogens (tertiary/aromatic N) is 1. The molecule has 2 N–H and O–H groups in total. The molecule has 0 bridgehead atoms. The van der Waals surface area contributed by atoms with E-state index in [1.165, 1.54) is 5.56 Å². The maximum absolute atomic E-state index is 13.1. The van der Waals surface area contributed by atoms with Gasteiger partial charge in [-0.15, -0.1) is 0 Å². The van der Waals surface area contributed by atoms with Crippen LogP contribution in [0.2, 0.25) is 0 Å². The van der Waals surface area contributed by atoms with Crippen LogP contribution in [0.4, 0.5) is 5.69 Å². The summed E-state index contributed by atoms with van der Waals surface area (Å²) in [5.74, 6) is 0.949. The second kappa shape index (κ2) is 5.88. The molecule has 0 saturated heterocycles. The minimum absolute atomic E-state index is 0.0498. The zero-order valence-electron chi connectivity index (χ0n) is 14.5. The molecule has 2 aromatic carbocycles. The van der Waals surface area contributed by atoms with E-state index in [0.29, 0.717) is 6.42 Å². The number of rotatable bonds is 4. The van der Waals surface area contributed by atoms with Crippen LogP contribution in [0.1, 0.15) is 34.6 Å². The number of aromatic nitrogens is 2.